The fourth-order valence-corrected chi connectivity index (χ4v) is 3.00. The molecule has 2 fully saturated rings. The standard InChI is InChI=1S/C15H22N4O2/c1-17(2)15(20)11-18-7-8-21-13-10-19(9-12(13)18)14-5-3-4-6-16-14/h3-6,12-13H,7-11H2,1-2H3/t12-,13+/m1/s1. The predicted molar refractivity (Wildman–Crippen MR) is 80.2 cm³/mol. The summed E-state index contributed by atoms with van der Waals surface area (Å²) in [5.41, 5.74) is 0. The van der Waals surface area contributed by atoms with Gasteiger partial charge < -0.3 is 14.5 Å². The van der Waals surface area contributed by atoms with Gasteiger partial charge in [0.05, 0.1) is 25.3 Å². The highest BCUT2D eigenvalue weighted by Crippen LogP contribution is 2.26. The average molecular weight is 290 g/mol. The highest BCUT2D eigenvalue weighted by molar-refractivity contribution is 5.77. The normalized spacial score (nSPS) is 25.7. The van der Waals surface area contributed by atoms with E-state index >= 15 is 0 Å². The van der Waals surface area contributed by atoms with Crippen molar-refractivity contribution >= 4 is 11.7 Å². The van der Waals surface area contributed by atoms with E-state index in [4.69, 9.17) is 4.74 Å². The number of ether oxygens (including phenoxy) is 1. The van der Waals surface area contributed by atoms with Crippen molar-refractivity contribution in [1.82, 2.24) is 14.8 Å². The first-order valence-electron chi connectivity index (χ1n) is 7.37. The lowest BCUT2D eigenvalue weighted by Crippen LogP contribution is -2.53. The van der Waals surface area contributed by atoms with Crippen molar-refractivity contribution in [3.05, 3.63) is 24.4 Å². The van der Waals surface area contributed by atoms with E-state index in [0.29, 0.717) is 13.2 Å². The third-order valence-electron chi connectivity index (χ3n) is 4.23. The minimum absolute atomic E-state index is 0.145. The molecule has 0 unspecified atom stereocenters. The highest BCUT2D eigenvalue weighted by Gasteiger charge is 2.41. The van der Waals surface area contributed by atoms with Gasteiger partial charge in [-0.15, -0.1) is 0 Å². The van der Waals surface area contributed by atoms with Gasteiger partial charge in [-0.3, -0.25) is 9.69 Å². The molecule has 2 aliphatic rings. The summed E-state index contributed by atoms with van der Waals surface area (Å²) in [5, 5.41) is 0. The number of carbonyl (C=O) groups is 1. The van der Waals surface area contributed by atoms with Crippen LogP contribution in [0.4, 0.5) is 5.82 Å². The Kier molecular flexibility index (Phi) is 4.07. The molecule has 1 aromatic rings. The lowest BCUT2D eigenvalue weighted by atomic mass is 10.1. The maximum atomic E-state index is 12.0. The summed E-state index contributed by atoms with van der Waals surface area (Å²) < 4.78 is 5.89. The van der Waals surface area contributed by atoms with Gasteiger partial charge in [0.25, 0.3) is 0 Å². The van der Waals surface area contributed by atoms with Crippen molar-refractivity contribution in [2.45, 2.75) is 12.1 Å². The second-order valence-corrected chi connectivity index (χ2v) is 5.83. The third-order valence-corrected chi connectivity index (χ3v) is 4.23. The summed E-state index contributed by atoms with van der Waals surface area (Å²) in [7, 11) is 3.60. The van der Waals surface area contributed by atoms with Gasteiger partial charge in [0.2, 0.25) is 5.91 Å². The number of fused-ring (bicyclic) bond motifs is 1. The number of rotatable bonds is 3. The first-order chi connectivity index (χ1) is 10.1. The Morgan fingerprint density at radius 2 is 2.29 bits per heavy atom. The van der Waals surface area contributed by atoms with Crippen LogP contribution in [0.2, 0.25) is 0 Å². The Morgan fingerprint density at radius 1 is 1.43 bits per heavy atom. The van der Waals surface area contributed by atoms with E-state index in [1.807, 2.05) is 24.4 Å². The van der Waals surface area contributed by atoms with Crippen LogP contribution in [0, 0.1) is 0 Å². The molecule has 3 rings (SSSR count). The first kappa shape index (κ1) is 14.3. The summed E-state index contributed by atoms with van der Waals surface area (Å²) in [6, 6.07) is 6.21. The van der Waals surface area contributed by atoms with Gasteiger partial charge in [-0.1, -0.05) is 6.07 Å². The van der Waals surface area contributed by atoms with Crippen LogP contribution in [0.15, 0.2) is 24.4 Å². The Morgan fingerprint density at radius 3 is 3.00 bits per heavy atom. The molecule has 2 aliphatic heterocycles. The second kappa shape index (κ2) is 5.99. The van der Waals surface area contributed by atoms with Crippen LogP contribution in [-0.2, 0) is 9.53 Å². The van der Waals surface area contributed by atoms with E-state index in [2.05, 4.69) is 14.8 Å². The number of pyridine rings is 1. The minimum atomic E-state index is 0.145. The van der Waals surface area contributed by atoms with Crippen LogP contribution >= 0.6 is 0 Å². The number of hydrogen-bond donors (Lipinski definition) is 0. The van der Waals surface area contributed by atoms with E-state index in [-0.39, 0.29) is 18.1 Å². The monoisotopic (exact) mass is 290 g/mol. The van der Waals surface area contributed by atoms with E-state index in [1.54, 1.807) is 19.0 Å². The Hall–Kier alpha value is -1.66. The number of nitrogens with zero attached hydrogens (tertiary/aromatic N) is 4. The molecule has 0 bridgehead atoms. The van der Waals surface area contributed by atoms with Crippen molar-refractivity contribution in [1.29, 1.82) is 0 Å². The second-order valence-electron chi connectivity index (χ2n) is 5.83. The number of amides is 1. The van der Waals surface area contributed by atoms with Crippen LogP contribution < -0.4 is 4.90 Å². The van der Waals surface area contributed by atoms with Gasteiger partial charge >= 0.3 is 0 Å². The van der Waals surface area contributed by atoms with Crippen LogP contribution in [0.3, 0.4) is 0 Å². The quantitative estimate of drug-likeness (QED) is 0.788. The molecule has 1 amide bonds. The molecule has 0 aromatic carbocycles. The number of hydrogen-bond acceptors (Lipinski definition) is 5. The molecular weight excluding hydrogens is 268 g/mol. The molecule has 21 heavy (non-hydrogen) atoms. The van der Waals surface area contributed by atoms with Gasteiger partial charge in [-0.2, -0.15) is 0 Å². The van der Waals surface area contributed by atoms with Crippen LogP contribution in [0.5, 0.6) is 0 Å². The lowest BCUT2D eigenvalue weighted by molar-refractivity contribution is -0.133. The largest absolute Gasteiger partial charge is 0.373 e. The third kappa shape index (κ3) is 3.01. The summed E-state index contributed by atoms with van der Waals surface area (Å²) in [6.07, 6.45) is 1.97. The number of likely N-dealkylation sites (N-methyl/N-ethyl adjacent to an activating group) is 1. The summed E-state index contributed by atoms with van der Waals surface area (Å²) in [4.78, 5) is 22.5. The zero-order valence-corrected chi connectivity index (χ0v) is 12.6. The first-order valence-corrected chi connectivity index (χ1v) is 7.37. The van der Waals surface area contributed by atoms with Crippen LogP contribution in [0.25, 0.3) is 0 Å². The van der Waals surface area contributed by atoms with Gasteiger partial charge in [-0.25, -0.2) is 4.98 Å². The number of anilines is 1. The molecule has 0 spiro atoms. The van der Waals surface area contributed by atoms with Crippen molar-refractivity contribution in [2.24, 2.45) is 0 Å². The maximum Gasteiger partial charge on any atom is 0.236 e. The molecule has 6 nitrogen and oxygen atoms in total. The fourth-order valence-electron chi connectivity index (χ4n) is 3.00. The molecule has 3 heterocycles. The van der Waals surface area contributed by atoms with Gasteiger partial charge in [0.1, 0.15) is 5.82 Å². The maximum absolute atomic E-state index is 12.0. The van der Waals surface area contributed by atoms with Gasteiger partial charge in [-0.05, 0) is 12.1 Å². The number of aromatic nitrogens is 1. The number of morpholine rings is 1. The van der Waals surface area contributed by atoms with E-state index < -0.39 is 0 Å². The topological polar surface area (TPSA) is 48.9 Å². The Labute approximate surface area is 125 Å². The molecule has 0 saturated carbocycles. The van der Waals surface area contributed by atoms with Crippen LogP contribution in [-0.4, -0.2) is 79.7 Å². The van der Waals surface area contributed by atoms with Crippen molar-refractivity contribution in [3.63, 3.8) is 0 Å². The minimum Gasteiger partial charge on any atom is -0.373 e. The zero-order chi connectivity index (χ0) is 14.8. The molecule has 0 radical (unpaired) electrons. The molecule has 6 heteroatoms. The highest BCUT2D eigenvalue weighted by atomic mass is 16.5. The molecule has 2 saturated heterocycles. The van der Waals surface area contributed by atoms with E-state index in [0.717, 1.165) is 25.5 Å². The van der Waals surface area contributed by atoms with Crippen molar-refractivity contribution in [2.75, 3.05) is 51.8 Å². The van der Waals surface area contributed by atoms with Crippen molar-refractivity contribution < 1.29 is 9.53 Å². The molecule has 2 atom stereocenters. The molecule has 0 N–H and O–H groups in total. The Bertz CT molecular complexity index is 494. The zero-order valence-electron chi connectivity index (χ0n) is 12.6. The molecular formula is C15H22N4O2. The SMILES string of the molecule is CN(C)C(=O)CN1CCO[C@H]2CN(c3ccccn3)C[C@H]21. The predicted octanol–water partition coefficient (Wildman–Crippen LogP) is 0.0592. The summed E-state index contributed by atoms with van der Waals surface area (Å²) >= 11 is 0. The Balaban J connectivity index is 1.69. The van der Waals surface area contributed by atoms with Crippen molar-refractivity contribution in [3.8, 4) is 0 Å². The lowest BCUT2D eigenvalue weighted by Gasteiger charge is -2.36. The van der Waals surface area contributed by atoms with E-state index in [1.165, 1.54) is 0 Å². The smallest absolute Gasteiger partial charge is 0.236 e. The van der Waals surface area contributed by atoms with Crippen LogP contribution in [0.1, 0.15) is 0 Å². The molecule has 0 aliphatic carbocycles. The summed E-state index contributed by atoms with van der Waals surface area (Å²) in [6.45, 7) is 3.68. The summed E-state index contributed by atoms with van der Waals surface area (Å²) in [5.74, 6) is 1.13. The van der Waals surface area contributed by atoms with E-state index in [9.17, 15) is 4.79 Å². The van der Waals surface area contributed by atoms with Gasteiger partial charge in [0, 0.05) is 39.9 Å². The van der Waals surface area contributed by atoms with Gasteiger partial charge in [0.15, 0.2) is 0 Å². The number of carbonyl (C=O) groups excluding carboxylic acids is 1. The fraction of sp³-hybridized carbons (Fsp3) is 0.600. The molecule has 1 aromatic heterocycles. The molecule has 114 valence electrons. The average Bonchev–Trinajstić information content (AvgIpc) is 2.93.